The van der Waals surface area contributed by atoms with Gasteiger partial charge in [0.05, 0.1) is 7.11 Å². The molecule has 1 aromatic rings. The third kappa shape index (κ3) is 3.55. The van der Waals surface area contributed by atoms with Crippen LogP contribution in [0.1, 0.15) is 32.3 Å². The Kier molecular flexibility index (Phi) is 4.89. The number of hydrogen-bond donors (Lipinski definition) is 1. The van der Waals surface area contributed by atoms with E-state index in [1.807, 2.05) is 12.1 Å². The number of nitrogens with zero attached hydrogens (tertiary/aromatic N) is 1. The zero-order valence-corrected chi connectivity index (χ0v) is 14.0. The van der Waals surface area contributed by atoms with Crippen LogP contribution in [0.4, 0.5) is 0 Å². The normalized spacial score (nSPS) is 23.2. The lowest BCUT2D eigenvalue weighted by atomic mass is 9.98. The van der Waals surface area contributed by atoms with Crippen LogP contribution in [-0.2, 0) is 6.42 Å². The highest BCUT2D eigenvalue weighted by molar-refractivity contribution is 5.42. The summed E-state index contributed by atoms with van der Waals surface area (Å²) >= 11 is 0. The van der Waals surface area contributed by atoms with Gasteiger partial charge in [0.15, 0.2) is 0 Å². The molecule has 122 valence electrons. The molecule has 2 aliphatic heterocycles. The van der Waals surface area contributed by atoms with Crippen molar-refractivity contribution in [3.8, 4) is 11.5 Å². The Labute approximate surface area is 133 Å². The van der Waals surface area contributed by atoms with Crippen LogP contribution in [0.15, 0.2) is 18.2 Å². The quantitative estimate of drug-likeness (QED) is 0.926. The van der Waals surface area contributed by atoms with Crippen molar-refractivity contribution in [1.29, 1.82) is 0 Å². The number of likely N-dealkylation sites (tertiary alicyclic amines) is 1. The number of methoxy groups -OCH3 is 1. The van der Waals surface area contributed by atoms with E-state index in [4.69, 9.17) is 9.47 Å². The molecule has 0 unspecified atom stereocenters. The number of nitrogens with one attached hydrogen (secondary N) is 1. The molecule has 1 saturated heterocycles. The van der Waals surface area contributed by atoms with Gasteiger partial charge in [0.2, 0.25) is 0 Å². The summed E-state index contributed by atoms with van der Waals surface area (Å²) in [6.07, 6.45) is 3.53. The van der Waals surface area contributed by atoms with Crippen molar-refractivity contribution in [1.82, 2.24) is 10.2 Å². The maximum absolute atomic E-state index is 5.93. The number of piperidine rings is 1. The van der Waals surface area contributed by atoms with Crippen molar-refractivity contribution in [2.75, 3.05) is 26.8 Å². The second kappa shape index (κ2) is 6.88. The van der Waals surface area contributed by atoms with E-state index in [2.05, 4.69) is 30.1 Å². The molecule has 1 fully saturated rings. The molecule has 0 saturated carbocycles. The van der Waals surface area contributed by atoms with Crippen molar-refractivity contribution >= 4 is 0 Å². The van der Waals surface area contributed by atoms with Gasteiger partial charge in [-0.05, 0) is 57.8 Å². The molecule has 0 bridgehead atoms. The maximum Gasteiger partial charge on any atom is 0.126 e. The summed E-state index contributed by atoms with van der Waals surface area (Å²) in [4.78, 5) is 2.57. The average molecular weight is 304 g/mol. The monoisotopic (exact) mass is 304 g/mol. The topological polar surface area (TPSA) is 33.7 Å². The Bertz CT molecular complexity index is 496. The lowest BCUT2D eigenvalue weighted by molar-refractivity contribution is 0.145. The fourth-order valence-corrected chi connectivity index (χ4v) is 3.50. The third-order valence-electron chi connectivity index (χ3n) is 4.91. The standard InChI is InChI=1S/C18H28N2O2/c1-13(2)20-8-6-15(7-9-20)19-16-10-14-4-5-17(21-3)11-18(14)22-12-16/h4-5,11,13,15-16,19H,6-10,12H2,1-3H3/t16-/m0/s1. The number of rotatable bonds is 4. The summed E-state index contributed by atoms with van der Waals surface area (Å²) in [5.74, 6) is 1.85. The first-order valence-corrected chi connectivity index (χ1v) is 8.45. The van der Waals surface area contributed by atoms with Crippen LogP contribution >= 0.6 is 0 Å². The Morgan fingerprint density at radius 1 is 1.23 bits per heavy atom. The maximum atomic E-state index is 5.93. The SMILES string of the molecule is COc1ccc2c(c1)OC[C@@H](NC1CCN(C(C)C)CC1)C2. The second-order valence-electron chi connectivity index (χ2n) is 6.76. The van der Waals surface area contributed by atoms with Crippen LogP contribution in [0.2, 0.25) is 0 Å². The molecule has 0 aromatic heterocycles. The molecule has 1 N–H and O–H groups in total. The van der Waals surface area contributed by atoms with E-state index in [0.717, 1.165) is 24.5 Å². The molecule has 1 atom stereocenters. The van der Waals surface area contributed by atoms with Gasteiger partial charge in [-0.15, -0.1) is 0 Å². The van der Waals surface area contributed by atoms with Gasteiger partial charge in [-0.25, -0.2) is 0 Å². The van der Waals surface area contributed by atoms with Gasteiger partial charge >= 0.3 is 0 Å². The molecule has 2 aliphatic rings. The first-order chi connectivity index (χ1) is 10.7. The summed E-state index contributed by atoms with van der Waals surface area (Å²) in [6.45, 7) is 7.74. The highest BCUT2D eigenvalue weighted by atomic mass is 16.5. The molecule has 22 heavy (non-hydrogen) atoms. The molecule has 2 heterocycles. The fourth-order valence-electron chi connectivity index (χ4n) is 3.50. The third-order valence-corrected chi connectivity index (χ3v) is 4.91. The minimum Gasteiger partial charge on any atom is -0.497 e. The van der Waals surface area contributed by atoms with Gasteiger partial charge in [0.25, 0.3) is 0 Å². The average Bonchev–Trinajstić information content (AvgIpc) is 2.55. The van der Waals surface area contributed by atoms with Crippen LogP contribution in [0, 0.1) is 0 Å². The van der Waals surface area contributed by atoms with Gasteiger partial charge in [-0.3, -0.25) is 0 Å². The molecule has 1 aromatic carbocycles. The Hall–Kier alpha value is -1.26. The molecule has 4 heteroatoms. The van der Waals surface area contributed by atoms with Crippen LogP contribution in [0.5, 0.6) is 11.5 Å². The van der Waals surface area contributed by atoms with E-state index in [0.29, 0.717) is 18.1 Å². The van der Waals surface area contributed by atoms with E-state index in [1.54, 1.807) is 7.11 Å². The van der Waals surface area contributed by atoms with E-state index in [-0.39, 0.29) is 0 Å². The van der Waals surface area contributed by atoms with E-state index >= 15 is 0 Å². The minimum atomic E-state index is 0.427. The zero-order valence-electron chi connectivity index (χ0n) is 14.0. The predicted molar refractivity (Wildman–Crippen MR) is 88.8 cm³/mol. The first-order valence-electron chi connectivity index (χ1n) is 8.45. The summed E-state index contributed by atoms with van der Waals surface area (Å²) in [7, 11) is 1.69. The number of hydrogen-bond acceptors (Lipinski definition) is 4. The highest BCUT2D eigenvalue weighted by Gasteiger charge is 2.26. The van der Waals surface area contributed by atoms with Gasteiger partial charge in [-0.1, -0.05) is 6.07 Å². The van der Waals surface area contributed by atoms with Crippen molar-refractivity contribution in [3.63, 3.8) is 0 Å². The van der Waals surface area contributed by atoms with E-state index in [9.17, 15) is 0 Å². The molecular weight excluding hydrogens is 276 g/mol. The van der Waals surface area contributed by atoms with Crippen LogP contribution < -0.4 is 14.8 Å². The Morgan fingerprint density at radius 2 is 2.00 bits per heavy atom. The Balaban J connectivity index is 1.53. The van der Waals surface area contributed by atoms with Crippen molar-refractivity contribution in [3.05, 3.63) is 23.8 Å². The van der Waals surface area contributed by atoms with Crippen LogP contribution in [-0.4, -0.2) is 49.8 Å². The van der Waals surface area contributed by atoms with Gasteiger partial charge in [0, 0.05) is 24.2 Å². The summed E-state index contributed by atoms with van der Waals surface area (Å²) in [6, 6.07) is 7.86. The van der Waals surface area contributed by atoms with Crippen LogP contribution in [0.3, 0.4) is 0 Å². The van der Waals surface area contributed by atoms with Gasteiger partial charge < -0.3 is 19.7 Å². The van der Waals surface area contributed by atoms with E-state index < -0.39 is 0 Å². The molecular formula is C18H28N2O2. The molecule has 4 nitrogen and oxygen atoms in total. The minimum absolute atomic E-state index is 0.427. The lowest BCUT2D eigenvalue weighted by Gasteiger charge is -2.37. The second-order valence-corrected chi connectivity index (χ2v) is 6.76. The summed E-state index contributed by atoms with van der Waals surface area (Å²) in [5.41, 5.74) is 1.28. The first kappa shape index (κ1) is 15.6. The number of fused-ring (bicyclic) bond motifs is 1. The fraction of sp³-hybridized carbons (Fsp3) is 0.667. The predicted octanol–water partition coefficient (Wildman–Crippen LogP) is 2.46. The van der Waals surface area contributed by atoms with Gasteiger partial charge in [0.1, 0.15) is 18.1 Å². The Morgan fingerprint density at radius 3 is 2.68 bits per heavy atom. The number of benzene rings is 1. The molecule has 0 spiro atoms. The van der Waals surface area contributed by atoms with Crippen molar-refractivity contribution in [2.45, 2.75) is 51.2 Å². The summed E-state index contributed by atoms with van der Waals surface area (Å²) < 4.78 is 11.2. The molecule has 0 aliphatic carbocycles. The highest BCUT2D eigenvalue weighted by Crippen LogP contribution is 2.29. The van der Waals surface area contributed by atoms with E-state index in [1.165, 1.54) is 31.5 Å². The molecule has 0 radical (unpaired) electrons. The van der Waals surface area contributed by atoms with Crippen molar-refractivity contribution < 1.29 is 9.47 Å². The van der Waals surface area contributed by atoms with Crippen molar-refractivity contribution in [2.24, 2.45) is 0 Å². The summed E-state index contributed by atoms with van der Waals surface area (Å²) in [5, 5.41) is 3.80. The van der Waals surface area contributed by atoms with Gasteiger partial charge in [-0.2, -0.15) is 0 Å². The zero-order chi connectivity index (χ0) is 15.5. The number of ether oxygens (including phenoxy) is 2. The largest absolute Gasteiger partial charge is 0.497 e. The van der Waals surface area contributed by atoms with Crippen LogP contribution in [0.25, 0.3) is 0 Å². The molecule has 0 amide bonds. The molecule has 3 rings (SSSR count). The smallest absolute Gasteiger partial charge is 0.126 e. The lowest BCUT2D eigenvalue weighted by Crippen LogP contribution is -2.50.